The lowest BCUT2D eigenvalue weighted by molar-refractivity contribution is -0.144. The molecule has 5 nitrogen and oxygen atoms in total. The molecule has 1 aromatic carbocycles. The molecule has 1 aromatic rings. The van der Waals surface area contributed by atoms with E-state index in [1.807, 2.05) is 4.90 Å². The summed E-state index contributed by atoms with van der Waals surface area (Å²) in [5.74, 6) is -0.680. The van der Waals surface area contributed by atoms with Gasteiger partial charge in [0.25, 0.3) is 5.91 Å². The number of ether oxygens (including phenoxy) is 1. The molecule has 1 aliphatic rings. The van der Waals surface area contributed by atoms with E-state index in [1.165, 1.54) is 25.1 Å². The normalized spacial score (nSPS) is 17.6. The molecule has 1 saturated heterocycles. The summed E-state index contributed by atoms with van der Waals surface area (Å²) < 4.78 is 44.2. The fourth-order valence-corrected chi connectivity index (χ4v) is 2.63. The molecule has 0 bridgehead atoms. The van der Waals surface area contributed by atoms with Crippen LogP contribution in [0.25, 0.3) is 0 Å². The number of benzene rings is 1. The Morgan fingerprint density at radius 1 is 1.25 bits per heavy atom. The van der Waals surface area contributed by atoms with Gasteiger partial charge in [0.05, 0.1) is 12.2 Å². The van der Waals surface area contributed by atoms with Gasteiger partial charge in [-0.2, -0.15) is 13.2 Å². The van der Waals surface area contributed by atoms with Gasteiger partial charge >= 0.3 is 6.18 Å². The van der Waals surface area contributed by atoms with Gasteiger partial charge in [-0.15, -0.1) is 0 Å². The molecule has 134 valence electrons. The SMILES string of the molecule is CC(Oc1ccccc1C(F)(F)F)C(=O)N1CCN(CCO)CC1. The molecule has 24 heavy (non-hydrogen) atoms. The van der Waals surface area contributed by atoms with Gasteiger partial charge < -0.3 is 14.7 Å². The van der Waals surface area contributed by atoms with E-state index in [4.69, 9.17) is 9.84 Å². The lowest BCUT2D eigenvalue weighted by Gasteiger charge is -2.35. The maximum absolute atomic E-state index is 13.0. The first-order valence-electron chi connectivity index (χ1n) is 7.78. The number of amides is 1. The van der Waals surface area contributed by atoms with E-state index in [9.17, 15) is 18.0 Å². The van der Waals surface area contributed by atoms with Gasteiger partial charge in [0.2, 0.25) is 0 Å². The molecular weight excluding hydrogens is 325 g/mol. The molecule has 0 aromatic heterocycles. The number of carbonyl (C=O) groups excluding carboxylic acids is 1. The summed E-state index contributed by atoms with van der Waals surface area (Å²) >= 11 is 0. The fraction of sp³-hybridized carbons (Fsp3) is 0.562. The summed E-state index contributed by atoms with van der Waals surface area (Å²) in [7, 11) is 0. The number of aliphatic hydroxyl groups is 1. The van der Waals surface area contributed by atoms with Crippen molar-refractivity contribution in [3.05, 3.63) is 29.8 Å². The highest BCUT2D eigenvalue weighted by atomic mass is 19.4. The number of hydrogen-bond donors (Lipinski definition) is 1. The monoisotopic (exact) mass is 346 g/mol. The molecule has 1 aliphatic heterocycles. The molecule has 1 amide bonds. The first-order valence-corrected chi connectivity index (χ1v) is 7.78. The van der Waals surface area contributed by atoms with Crippen LogP contribution in [0.3, 0.4) is 0 Å². The lowest BCUT2D eigenvalue weighted by Crippen LogP contribution is -2.52. The second-order valence-electron chi connectivity index (χ2n) is 5.64. The Kier molecular flexibility index (Phi) is 6.06. The Morgan fingerprint density at radius 3 is 2.46 bits per heavy atom. The Bertz CT molecular complexity index is 558. The van der Waals surface area contributed by atoms with Crippen molar-refractivity contribution in [2.75, 3.05) is 39.3 Å². The molecule has 1 heterocycles. The van der Waals surface area contributed by atoms with Gasteiger partial charge in [0, 0.05) is 32.7 Å². The van der Waals surface area contributed by atoms with Crippen molar-refractivity contribution in [1.82, 2.24) is 9.80 Å². The van der Waals surface area contributed by atoms with Gasteiger partial charge in [-0.05, 0) is 19.1 Å². The second kappa shape index (κ2) is 7.85. The summed E-state index contributed by atoms with van der Waals surface area (Å²) in [5.41, 5.74) is -0.891. The summed E-state index contributed by atoms with van der Waals surface area (Å²) in [4.78, 5) is 16.0. The summed E-state index contributed by atoms with van der Waals surface area (Å²) in [5, 5.41) is 8.90. The third-order valence-corrected chi connectivity index (χ3v) is 3.94. The van der Waals surface area contributed by atoms with Crippen molar-refractivity contribution in [1.29, 1.82) is 0 Å². The van der Waals surface area contributed by atoms with E-state index in [-0.39, 0.29) is 18.3 Å². The molecule has 1 unspecified atom stereocenters. The van der Waals surface area contributed by atoms with Crippen molar-refractivity contribution in [2.45, 2.75) is 19.2 Å². The standard InChI is InChI=1S/C16H21F3N2O3/c1-12(15(23)21-8-6-20(7-9-21)10-11-22)24-14-5-3-2-4-13(14)16(17,18)19/h2-5,12,22H,6-11H2,1H3. The number of piperazine rings is 1. The van der Waals surface area contributed by atoms with E-state index in [0.717, 1.165) is 6.07 Å². The highest BCUT2D eigenvalue weighted by Crippen LogP contribution is 2.36. The number of rotatable bonds is 5. The minimum absolute atomic E-state index is 0.0572. The number of alkyl halides is 3. The van der Waals surface area contributed by atoms with E-state index in [0.29, 0.717) is 32.7 Å². The molecule has 0 aliphatic carbocycles. The minimum Gasteiger partial charge on any atom is -0.480 e. The lowest BCUT2D eigenvalue weighted by atomic mass is 10.2. The predicted molar refractivity (Wildman–Crippen MR) is 81.6 cm³/mol. The average Bonchev–Trinajstić information content (AvgIpc) is 2.54. The van der Waals surface area contributed by atoms with E-state index >= 15 is 0 Å². The fourth-order valence-electron chi connectivity index (χ4n) is 2.63. The topological polar surface area (TPSA) is 53.0 Å². The zero-order valence-electron chi connectivity index (χ0n) is 13.4. The van der Waals surface area contributed by atoms with E-state index in [2.05, 4.69) is 0 Å². The van der Waals surface area contributed by atoms with Crippen LogP contribution in [0.5, 0.6) is 5.75 Å². The number of para-hydroxylation sites is 1. The van der Waals surface area contributed by atoms with Gasteiger partial charge in [-0.1, -0.05) is 12.1 Å². The Balaban J connectivity index is 1.98. The van der Waals surface area contributed by atoms with Crippen LogP contribution in [0, 0.1) is 0 Å². The third-order valence-electron chi connectivity index (χ3n) is 3.94. The van der Waals surface area contributed by atoms with Crippen LogP contribution in [0.1, 0.15) is 12.5 Å². The van der Waals surface area contributed by atoms with E-state index in [1.54, 1.807) is 4.90 Å². The summed E-state index contributed by atoms with van der Waals surface area (Å²) in [6.45, 7) is 4.24. The van der Waals surface area contributed by atoms with Crippen molar-refractivity contribution in [3.8, 4) is 5.75 Å². The van der Waals surface area contributed by atoms with Crippen LogP contribution in [0.4, 0.5) is 13.2 Å². The molecule has 0 saturated carbocycles. The van der Waals surface area contributed by atoms with Gasteiger partial charge in [-0.25, -0.2) is 0 Å². The van der Waals surface area contributed by atoms with Gasteiger partial charge in [-0.3, -0.25) is 9.69 Å². The first kappa shape index (κ1) is 18.5. The highest BCUT2D eigenvalue weighted by Gasteiger charge is 2.35. The summed E-state index contributed by atoms with van der Waals surface area (Å²) in [6.07, 6.45) is -5.53. The maximum Gasteiger partial charge on any atom is 0.419 e. The molecule has 1 atom stereocenters. The molecular formula is C16H21F3N2O3. The Hall–Kier alpha value is -1.80. The molecule has 0 spiro atoms. The van der Waals surface area contributed by atoms with Crippen molar-refractivity contribution < 1.29 is 27.8 Å². The molecule has 2 rings (SSSR count). The van der Waals surface area contributed by atoms with Crippen LogP contribution < -0.4 is 4.74 Å². The van der Waals surface area contributed by atoms with Gasteiger partial charge in [0.1, 0.15) is 5.75 Å². The number of nitrogens with zero attached hydrogens (tertiary/aromatic N) is 2. The second-order valence-corrected chi connectivity index (χ2v) is 5.64. The van der Waals surface area contributed by atoms with Crippen molar-refractivity contribution >= 4 is 5.91 Å². The summed E-state index contributed by atoms with van der Waals surface area (Å²) in [6, 6.07) is 4.87. The van der Waals surface area contributed by atoms with Crippen LogP contribution >= 0.6 is 0 Å². The molecule has 0 radical (unpaired) electrons. The minimum atomic E-state index is -4.53. The Labute approximate surface area is 138 Å². The van der Waals surface area contributed by atoms with Crippen LogP contribution in [-0.4, -0.2) is 66.2 Å². The largest absolute Gasteiger partial charge is 0.480 e. The maximum atomic E-state index is 13.0. The van der Waals surface area contributed by atoms with Crippen LogP contribution in [-0.2, 0) is 11.0 Å². The van der Waals surface area contributed by atoms with Crippen LogP contribution in [0.15, 0.2) is 24.3 Å². The van der Waals surface area contributed by atoms with Gasteiger partial charge in [0.15, 0.2) is 6.10 Å². The first-order chi connectivity index (χ1) is 11.3. The number of carbonyl (C=O) groups is 1. The molecule has 8 heteroatoms. The van der Waals surface area contributed by atoms with Crippen LogP contribution in [0.2, 0.25) is 0 Å². The zero-order valence-corrected chi connectivity index (χ0v) is 13.4. The van der Waals surface area contributed by atoms with E-state index < -0.39 is 17.8 Å². The number of halogens is 3. The number of hydrogen-bond acceptors (Lipinski definition) is 4. The third kappa shape index (κ3) is 4.61. The quantitative estimate of drug-likeness (QED) is 0.880. The Morgan fingerprint density at radius 2 is 1.88 bits per heavy atom. The van der Waals surface area contributed by atoms with Crippen molar-refractivity contribution in [2.24, 2.45) is 0 Å². The molecule has 1 N–H and O–H groups in total. The number of β-amino-alcohol motifs (C(OH)–C–C–N with tert-alkyl or cyclic N) is 1. The highest BCUT2D eigenvalue weighted by molar-refractivity contribution is 5.81. The average molecular weight is 346 g/mol. The molecule has 1 fully saturated rings. The zero-order chi connectivity index (χ0) is 17.7. The smallest absolute Gasteiger partial charge is 0.419 e. The number of aliphatic hydroxyl groups excluding tert-OH is 1. The predicted octanol–water partition coefficient (Wildman–Crippen LogP) is 1.61. The van der Waals surface area contributed by atoms with Crippen molar-refractivity contribution in [3.63, 3.8) is 0 Å².